The summed E-state index contributed by atoms with van der Waals surface area (Å²) in [4.78, 5) is 22.7. The summed E-state index contributed by atoms with van der Waals surface area (Å²) < 4.78 is 40.3. The predicted octanol–water partition coefficient (Wildman–Crippen LogP) is 3.73. The fraction of sp³-hybridized carbons (Fsp3) is 0.136. The molecule has 0 aromatic heterocycles. The average molecular weight is 455 g/mol. The number of carbonyl (C=O) groups excluding carboxylic acids is 1. The fourth-order valence-electron chi connectivity index (χ4n) is 3.51. The minimum atomic E-state index is -3.79. The fourth-order valence-corrected chi connectivity index (χ4v) is 4.93. The molecule has 1 N–H and O–H groups in total. The number of benzene rings is 3. The highest BCUT2D eigenvalue weighted by Crippen LogP contribution is 2.27. The highest BCUT2D eigenvalue weighted by atomic mass is 32.2. The number of fused-ring (bicyclic) bond motifs is 1. The molecular formula is C22H18FN3O5S. The van der Waals surface area contributed by atoms with Crippen LogP contribution in [0.2, 0.25) is 0 Å². The van der Waals surface area contributed by atoms with Crippen molar-refractivity contribution in [3.05, 3.63) is 99.4 Å². The van der Waals surface area contributed by atoms with E-state index in [0.717, 1.165) is 23.3 Å². The highest BCUT2D eigenvalue weighted by molar-refractivity contribution is 7.89. The first-order valence-electron chi connectivity index (χ1n) is 9.67. The van der Waals surface area contributed by atoms with Crippen LogP contribution < -0.4 is 5.32 Å². The van der Waals surface area contributed by atoms with Gasteiger partial charge in [-0.1, -0.05) is 6.07 Å². The van der Waals surface area contributed by atoms with Gasteiger partial charge in [0.05, 0.1) is 9.82 Å². The van der Waals surface area contributed by atoms with Gasteiger partial charge in [0.25, 0.3) is 11.6 Å². The molecule has 0 radical (unpaired) electrons. The van der Waals surface area contributed by atoms with Crippen molar-refractivity contribution in [2.24, 2.45) is 0 Å². The molecule has 164 valence electrons. The van der Waals surface area contributed by atoms with E-state index in [1.165, 1.54) is 40.7 Å². The number of non-ortho nitro benzene ring substituents is 1. The number of anilines is 1. The van der Waals surface area contributed by atoms with Gasteiger partial charge >= 0.3 is 0 Å². The van der Waals surface area contributed by atoms with Crippen molar-refractivity contribution in [3.8, 4) is 0 Å². The first kappa shape index (κ1) is 21.6. The van der Waals surface area contributed by atoms with Crippen LogP contribution in [-0.4, -0.2) is 30.1 Å². The van der Waals surface area contributed by atoms with E-state index in [2.05, 4.69) is 5.32 Å². The van der Waals surface area contributed by atoms with Gasteiger partial charge in [-0.05, 0) is 66.1 Å². The predicted molar refractivity (Wildman–Crippen MR) is 115 cm³/mol. The molecule has 1 amide bonds. The summed E-state index contributed by atoms with van der Waals surface area (Å²) >= 11 is 0. The number of nitro benzene ring substituents is 1. The van der Waals surface area contributed by atoms with Crippen LogP contribution in [0.25, 0.3) is 0 Å². The minimum Gasteiger partial charge on any atom is -0.322 e. The van der Waals surface area contributed by atoms with Crippen LogP contribution in [0.3, 0.4) is 0 Å². The van der Waals surface area contributed by atoms with Gasteiger partial charge in [0.2, 0.25) is 10.0 Å². The number of rotatable bonds is 5. The molecular weight excluding hydrogens is 437 g/mol. The van der Waals surface area contributed by atoms with Gasteiger partial charge in [-0.25, -0.2) is 12.8 Å². The highest BCUT2D eigenvalue weighted by Gasteiger charge is 2.28. The van der Waals surface area contributed by atoms with Gasteiger partial charge in [-0.2, -0.15) is 4.31 Å². The monoisotopic (exact) mass is 455 g/mol. The Hall–Kier alpha value is -3.63. The molecule has 3 aromatic carbocycles. The Morgan fingerprint density at radius 3 is 2.34 bits per heavy atom. The Morgan fingerprint density at radius 2 is 1.69 bits per heavy atom. The van der Waals surface area contributed by atoms with Crippen LogP contribution >= 0.6 is 0 Å². The molecule has 32 heavy (non-hydrogen) atoms. The zero-order valence-corrected chi connectivity index (χ0v) is 17.5. The zero-order valence-electron chi connectivity index (χ0n) is 16.7. The van der Waals surface area contributed by atoms with E-state index in [9.17, 15) is 27.7 Å². The Labute approximate surface area is 183 Å². The number of hydrogen-bond donors (Lipinski definition) is 1. The quantitative estimate of drug-likeness (QED) is 0.466. The Balaban J connectivity index is 1.52. The molecule has 0 saturated heterocycles. The third kappa shape index (κ3) is 4.36. The lowest BCUT2D eigenvalue weighted by Gasteiger charge is -2.28. The van der Waals surface area contributed by atoms with E-state index >= 15 is 0 Å². The topological polar surface area (TPSA) is 110 Å². The molecule has 10 heteroatoms. The molecule has 3 aromatic rings. The van der Waals surface area contributed by atoms with Crippen molar-refractivity contribution in [1.82, 2.24) is 4.31 Å². The maximum Gasteiger partial charge on any atom is 0.269 e. The van der Waals surface area contributed by atoms with E-state index in [1.807, 2.05) is 6.07 Å². The molecule has 0 atom stereocenters. The van der Waals surface area contributed by atoms with Crippen LogP contribution in [0.15, 0.2) is 71.6 Å². The average Bonchev–Trinajstić information content (AvgIpc) is 2.79. The Morgan fingerprint density at radius 1 is 1.00 bits per heavy atom. The van der Waals surface area contributed by atoms with Crippen LogP contribution in [-0.2, 0) is 23.0 Å². The smallest absolute Gasteiger partial charge is 0.269 e. The summed E-state index contributed by atoms with van der Waals surface area (Å²) in [5.41, 5.74) is 2.35. The van der Waals surface area contributed by atoms with E-state index < -0.39 is 26.7 Å². The normalized spacial score (nSPS) is 13.9. The molecule has 0 fully saturated rings. The van der Waals surface area contributed by atoms with E-state index in [0.29, 0.717) is 18.7 Å². The first-order chi connectivity index (χ1) is 15.2. The second-order valence-electron chi connectivity index (χ2n) is 7.28. The molecule has 0 unspecified atom stereocenters. The number of nitrogens with one attached hydrogen (secondary N) is 1. The maximum absolute atomic E-state index is 13.2. The van der Waals surface area contributed by atoms with Crippen molar-refractivity contribution >= 4 is 27.3 Å². The maximum atomic E-state index is 13.2. The van der Waals surface area contributed by atoms with Gasteiger partial charge in [0.15, 0.2) is 0 Å². The van der Waals surface area contributed by atoms with Crippen LogP contribution in [0.1, 0.15) is 21.5 Å². The summed E-state index contributed by atoms with van der Waals surface area (Å²) in [6, 6.07) is 15.2. The molecule has 0 aliphatic carbocycles. The molecule has 8 nitrogen and oxygen atoms in total. The molecule has 1 aliphatic heterocycles. The molecule has 4 rings (SSSR count). The van der Waals surface area contributed by atoms with Crippen molar-refractivity contribution in [1.29, 1.82) is 0 Å². The molecule has 0 bridgehead atoms. The largest absolute Gasteiger partial charge is 0.322 e. The van der Waals surface area contributed by atoms with Gasteiger partial charge in [-0.3, -0.25) is 14.9 Å². The first-order valence-corrected chi connectivity index (χ1v) is 11.1. The summed E-state index contributed by atoms with van der Waals surface area (Å²) in [7, 11) is -3.79. The lowest BCUT2D eigenvalue weighted by Crippen LogP contribution is -2.36. The number of sulfonamides is 1. The SMILES string of the molecule is O=C(Nc1ccc2c(c1)CN(S(=O)(=O)c1ccc(F)cc1)CC2)c1ccc([N+](=O)[O-])cc1. The van der Waals surface area contributed by atoms with E-state index in [-0.39, 0.29) is 22.7 Å². The Kier molecular flexibility index (Phi) is 5.72. The van der Waals surface area contributed by atoms with Crippen LogP contribution in [0.5, 0.6) is 0 Å². The van der Waals surface area contributed by atoms with Crippen LogP contribution in [0.4, 0.5) is 15.8 Å². The number of nitro groups is 1. The zero-order chi connectivity index (χ0) is 22.9. The number of nitrogens with zero attached hydrogens (tertiary/aromatic N) is 2. The standard InChI is InChI=1S/C22H18FN3O5S/c23-18-4-9-21(10-5-18)32(30,31)25-12-11-15-1-6-19(13-17(15)14-25)24-22(27)16-2-7-20(8-3-16)26(28)29/h1-10,13H,11-12,14H2,(H,24,27). The molecule has 0 saturated carbocycles. The molecule has 1 aliphatic rings. The number of carbonyl (C=O) groups is 1. The van der Waals surface area contributed by atoms with Gasteiger partial charge < -0.3 is 5.32 Å². The Bertz CT molecular complexity index is 1290. The van der Waals surface area contributed by atoms with Crippen molar-refractivity contribution in [3.63, 3.8) is 0 Å². The van der Waals surface area contributed by atoms with Gasteiger partial charge in [0.1, 0.15) is 5.82 Å². The van der Waals surface area contributed by atoms with Gasteiger partial charge in [-0.15, -0.1) is 0 Å². The third-order valence-electron chi connectivity index (χ3n) is 5.23. The number of hydrogen-bond acceptors (Lipinski definition) is 5. The number of halogens is 1. The van der Waals surface area contributed by atoms with Gasteiger partial charge in [0, 0.05) is 36.5 Å². The number of amides is 1. The van der Waals surface area contributed by atoms with E-state index in [1.54, 1.807) is 12.1 Å². The molecule has 1 heterocycles. The minimum absolute atomic E-state index is 0.0185. The summed E-state index contributed by atoms with van der Waals surface area (Å²) in [5, 5.41) is 13.5. The second kappa shape index (κ2) is 8.48. The van der Waals surface area contributed by atoms with Crippen molar-refractivity contribution in [2.45, 2.75) is 17.9 Å². The van der Waals surface area contributed by atoms with E-state index in [4.69, 9.17) is 0 Å². The lowest BCUT2D eigenvalue weighted by atomic mass is 10.0. The van der Waals surface area contributed by atoms with Crippen molar-refractivity contribution in [2.75, 3.05) is 11.9 Å². The third-order valence-corrected chi connectivity index (χ3v) is 7.09. The van der Waals surface area contributed by atoms with Crippen molar-refractivity contribution < 1.29 is 22.5 Å². The van der Waals surface area contributed by atoms with Crippen LogP contribution in [0, 0.1) is 15.9 Å². The summed E-state index contributed by atoms with van der Waals surface area (Å²) in [5.74, 6) is -0.951. The molecule has 0 spiro atoms. The second-order valence-corrected chi connectivity index (χ2v) is 9.22. The lowest BCUT2D eigenvalue weighted by molar-refractivity contribution is -0.384. The summed E-state index contributed by atoms with van der Waals surface area (Å²) in [6.45, 7) is 0.414. The summed E-state index contributed by atoms with van der Waals surface area (Å²) in [6.07, 6.45) is 0.506.